The third-order valence-corrected chi connectivity index (χ3v) is 3.67. The molecule has 0 saturated heterocycles. The lowest BCUT2D eigenvalue weighted by molar-refractivity contribution is 0.0707. The number of benzene rings is 1. The van der Waals surface area contributed by atoms with Crippen LogP contribution in [0.4, 0.5) is 0 Å². The van der Waals surface area contributed by atoms with Gasteiger partial charge in [0.2, 0.25) is 0 Å². The number of amides is 1. The molecule has 1 rings (SSSR count). The van der Waals surface area contributed by atoms with Crippen molar-refractivity contribution >= 4 is 33.4 Å². The van der Waals surface area contributed by atoms with Crippen molar-refractivity contribution in [2.45, 2.75) is 6.92 Å². The van der Waals surface area contributed by atoms with Crippen LogP contribution in [0.1, 0.15) is 15.9 Å². The smallest absolute Gasteiger partial charge is 0.253 e. The van der Waals surface area contributed by atoms with E-state index in [4.69, 9.17) is 16.3 Å². The van der Waals surface area contributed by atoms with Gasteiger partial charge < -0.3 is 9.64 Å². The fourth-order valence-corrected chi connectivity index (χ4v) is 2.03. The lowest BCUT2D eigenvalue weighted by atomic mass is 10.1. The van der Waals surface area contributed by atoms with E-state index in [1.54, 1.807) is 12.0 Å². The fourth-order valence-electron chi connectivity index (χ4n) is 1.58. The zero-order valence-electron chi connectivity index (χ0n) is 10.6. The van der Waals surface area contributed by atoms with Crippen LogP contribution in [0.3, 0.4) is 0 Å². The van der Waals surface area contributed by atoms with Crippen LogP contribution < -0.4 is 0 Å². The van der Waals surface area contributed by atoms with Gasteiger partial charge in [0.25, 0.3) is 5.91 Å². The van der Waals surface area contributed by atoms with Crippen molar-refractivity contribution in [3.8, 4) is 0 Å². The number of methoxy groups -OCH3 is 1. The van der Waals surface area contributed by atoms with Gasteiger partial charge in [0, 0.05) is 36.1 Å². The molecule has 0 unspecified atom stereocenters. The van der Waals surface area contributed by atoms with Crippen LogP contribution in [0.15, 0.2) is 22.7 Å². The minimum atomic E-state index is -0.0108. The minimum Gasteiger partial charge on any atom is -0.383 e. The van der Waals surface area contributed by atoms with E-state index in [9.17, 15) is 4.79 Å². The molecule has 0 heterocycles. The van der Waals surface area contributed by atoms with Crippen molar-refractivity contribution in [3.05, 3.63) is 33.8 Å². The second-order valence-electron chi connectivity index (χ2n) is 3.94. The van der Waals surface area contributed by atoms with Gasteiger partial charge in [0.15, 0.2) is 0 Å². The Morgan fingerprint density at radius 1 is 1.44 bits per heavy atom. The van der Waals surface area contributed by atoms with Crippen LogP contribution in [0, 0.1) is 6.92 Å². The van der Waals surface area contributed by atoms with Crippen LogP contribution in [0.2, 0.25) is 0 Å². The number of rotatable bonds is 6. The van der Waals surface area contributed by atoms with E-state index in [1.165, 1.54) is 0 Å². The topological polar surface area (TPSA) is 29.5 Å². The van der Waals surface area contributed by atoms with Gasteiger partial charge in [-0.15, -0.1) is 11.6 Å². The molecule has 18 heavy (non-hydrogen) atoms. The highest BCUT2D eigenvalue weighted by molar-refractivity contribution is 9.10. The Bertz CT molecular complexity index is 412. The summed E-state index contributed by atoms with van der Waals surface area (Å²) in [6.07, 6.45) is 0. The molecule has 0 aliphatic rings. The number of hydrogen-bond acceptors (Lipinski definition) is 2. The quantitative estimate of drug-likeness (QED) is 0.748. The number of nitrogens with zero attached hydrogens (tertiary/aromatic N) is 1. The molecule has 3 nitrogen and oxygen atoms in total. The number of carbonyl (C=O) groups is 1. The van der Waals surface area contributed by atoms with Crippen LogP contribution >= 0.6 is 27.5 Å². The lowest BCUT2D eigenvalue weighted by Gasteiger charge is -2.21. The highest BCUT2D eigenvalue weighted by Gasteiger charge is 2.15. The number of ether oxygens (including phenoxy) is 1. The Morgan fingerprint density at radius 3 is 2.72 bits per heavy atom. The summed E-state index contributed by atoms with van der Waals surface area (Å²) >= 11 is 9.14. The first-order valence-electron chi connectivity index (χ1n) is 5.70. The van der Waals surface area contributed by atoms with Crippen LogP contribution in [-0.4, -0.2) is 43.5 Å². The average molecular weight is 335 g/mol. The minimum absolute atomic E-state index is 0.0108. The predicted octanol–water partition coefficient (Wildman–Crippen LogP) is 3.08. The molecule has 5 heteroatoms. The summed E-state index contributed by atoms with van der Waals surface area (Å²) in [4.78, 5) is 14.0. The molecule has 100 valence electrons. The number of alkyl halides is 1. The van der Waals surface area contributed by atoms with Crippen molar-refractivity contribution in [1.29, 1.82) is 0 Å². The third kappa shape index (κ3) is 4.26. The Morgan fingerprint density at radius 2 is 2.17 bits per heavy atom. The van der Waals surface area contributed by atoms with Crippen molar-refractivity contribution in [2.24, 2.45) is 0 Å². The first-order valence-corrected chi connectivity index (χ1v) is 7.03. The number of hydrogen-bond donors (Lipinski definition) is 0. The summed E-state index contributed by atoms with van der Waals surface area (Å²) in [5, 5.41) is 0. The van der Waals surface area contributed by atoms with E-state index in [2.05, 4.69) is 15.9 Å². The van der Waals surface area contributed by atoms with E-state index < -0.39 is 0 Å². The first kappa shape index (κ1) is 15.5. The molecule has 0 radical (unpaired) electrons. The van der Waals surface area contributed by atoms with Crippen LogP contribution in [-0.2, 0) is 4.74 Å². The van der Waals surface area contributed by atoms with Gasteiger partial charge in [0.1, 0.15) is 0 Å². The maximum atomic E-state index is 12.3. The molecule has 0 atom stereocenters. The van der Waals surface area contributed by atoms with Gasteiger partial charge in [-0.2, -0.15) is 0 Å². The van der Waals surface area contributed by atoms with Crippen LogP contribution in [0.5, 0.6) is 0 Å². The highest BCUT2D eigenvalue weighted by atomic mass is 79.9. The fraction of sp³-hybridized carbons (Fsp3) is 0.462. The number of carbonyl (C=O) groups excluding carboxylic acids is 1. The summed E-state index contributed by atoms with van der Waals surface area (Å²) in [5.74, 6) is 0.411. The van der Waals surface area contributed by atoms with Gasteiger partial charge in [-0.3, -0.25) is 4.79 Å². The number of aryl methyl sites for hydroxylation is 1. The normalized spacial score (nSPS) is 10.4. The monoisotopic (exact) mass is 333 g/mol. The maximum Gasteiger partial charge on any atom is 0.253 e. The zero-order valence-corrected chi connectivity index (χ0v) is 12.9. The SMILES string of the molecule is COCCN(CCCl)C(=O)c1ccc(Br)c(C)c1. The van der Waals surface area contributed by atoms with Gasteiger partial charge >= 0.3 is 0 Å². The van der Waals surface area contributed by atoms with Crippen molar-refractivity contribution in [2.75, 3.05) is 32.7 Å². The molecule has 0 aliphatic carbocycles. The van der Waals surface area contributed by atoms with Crippen LogP contribution in [0.25, 0.3) is 0 Å². The van der Waals surface area contributed by atoms with Gasteiger partial charge in [-0.1, -0.05) is 15.9 Å². The zero-order chi connectivity index (χ0) is 13.5. The largest absolute Gasteiger partial charge is 0.383 e. The Balaban J connectivity index is 2.83. The molecule has 1 aromatic carbocycles. The molecule has 0 spiro atoms. The Kier molecular flexibility index (Phi) is 6.68. The average Bonchev–Trinajstić information content (AvgIpc) is 2.37. The van der Waals surface area contributed by atoms with Crippen molar-refractivity contribution in [3.63, 3.8) is 0 Å². The lowest BCUT2D eigenvalue weighted by Crippen LogP contribution is -2.35. The van der Waals surface area contributed by atoms with E-state index >= 15 is 0 Å². The third-order valence-electron chi connectivity index (χ3n) is 2.61. The summed E-state index contributed by atoms with van der Waals surface area (Å²) < 4.78 is 6.00. The van der Waals surface area contributed by atoms with E-state index in [0.29, 0.717) is 31.1 Å². The molecule has 1 aromatic rings. The highest BCUT2D eigenvalue weighted by Crippen LogP contribution is 2.18. The molecular formula is C13H17BrClNO2. The van der Waals surface area contributed by atoms with Gasteiger partial charge in [-0.25, -0.2) is 0 Å². The second-order valence-corrected chi connectivity index (χ2v) is 5.17. The molecule has 1 amide bonds. The molecule has 0 N–H and O–H groups in total. The summed E-state index contributed by atoms with van der Waals surface area (Å²) in [5.41, 5.74) is 1.72. The van der Waals surface area contributed by atoms with Gasteiger partial charge in [-0.05, 0) is 30.7 Å². The Hall–Kier alpha value is -0.580. The second kappa shape index (κ2) is 7.77. The summed E-state index contributed by atoms with van der Waals surface area (Å²) in [6.45, 7) is 3.55. The molecule has 0 aromatic heterocycles. The van der Waals surface area contributed by atoms with Gasteiger partial charge in [0.05, 0.1) is 6.61 Å². The molecule has 0 saturated carbocycles. The van der Waals surface area contributed by atoms with E-state index in [0.717, 1.165) is 10.0 Å². The molecule has 0 bridgehead atoms. The standard InChI is InChI=1S/C13H17BrClNO2/c1-10-9-11(3-4-12(10)14)13(17)16(6-5-15)7-8-18-2/h3-4,9H,5-8H2,1-2H3. The molecular weight excluding hydrogens is 318 g/mol. The maximum absolute atomic E-state index is 12.3. The van der Waals surface area contributed by atoms with E-state index in [1.807, 2.05) is 25.1 Å². The molecule has 0 aliphatic heterocycles. The first-order chi connectivity index (χ1) is 8.60. The van der Waals surface area contributed by atoms with Crippen molar-refractivity contribution in [1.82, 2.24) is 4.90 Å². The summed E-state index contributed by atoms with van der Waals surface area (Å²) in [7, 11) is 1.62. The molecule has 0 fully saturated rings. The Labute approximate surface area is 121 Å². The number of halogens is 2. The predicted molar refractivity (Wildman–Crippen MR) is 77.4 cm³/mol. The van der Waals surface area contributed by atoms with E-state index in [-0.39, 0.29) is 5.91 Å². The summed E-state index contributed by atoms with van der Waals surface area (Å²) in [6, 6.07) is 5.58. The van der Waals surface area contributed by atoms with Crippen molar-refractivity contribution < 1.29 is 9.53 Å².